The molecule has 0 aliphatic carbocycles. The van der Waals surface area contributed by atoms with Crippen molar-refractivity contribution in [2.75, 3.05) is 13.1 Å². The highest BCUT2D eigenvalue weighted by atomic mass is 16.3. The Bertz CT molecular complexity index is 820. The van der Waals surface area contributed by atoms with E-state index in [0.29, 0.717) is 25.9 Å². The van der Waals surface area contributed by atoms with Gasteiger partial charge in [-0.1, -0.05) is 30.3 Å². The third-order valence-corrected chi connectivity index (χ3v) is 4.50. The molecule has 1 saturated heterocycles. The van der Waals surface area contributed by atoms with Gasteiger partial charge in [0.1, 0.15) is 11.5 Å². The average Bonchev–Trinajstić information content (AvgIpc) is 2.66. The van der Waals surface area contributed by atoms with Crippen LogP contribution in [0.15, 0.2) is 54.6 Å². The van der Waals surface area contributed by atoms with Gasteiger partial charge in [-0.3, -0.25) is 9.59 Å². The van der Waals surface area contributed by atoms with Crippen LogP contribution in [0.2, 0.25) is 0 Å². The first-order valence-electron chi connectivity index (χ1n) is 8.87. The number of aromatic hydroxyl groups is 2. The van der Waals surface area contributed by atoms with Crippen LogP contribution in [0.25, 0.3) is 6.08 Å². The van der Waals surface area contributed by atoms with Gasteiger partial charge in [-0.25, -0.2) is 0 Å². The zero-order valence-corrected chi connectivity index (χ0v) is 14.8. The molecule has 6 heteroatoms. The standard InChI is InChI=1S/C21H22N2O4/c24-18-12-16(13-19(25)14-18)21(27)23-10-8-17(9-11-23)22-20(26)7-6-15-4-2-1-3-5-15/h1-7,12-14,17,24-25H,8-11H2,(H,22,26)/b7-6+. The zero-order chi connectivity index (χ0) is 19.2. The van der Waals surface area contributed by atoms with Crippen molar-refractivity contribution in [2.45, 2.75) is 18.9 Å². The first kappa shape index (κ1) is 18.5. The van der Waals surface area contributed by atoms with Crippen molar-refractivity contribution in [2.24, 2.45) is 0 Å². The number of phenolic OH excluding ortho intramolecular Hbond substituents is 2. The van der Waals surface area contributed by atoms with Crippen LogP contribution in [0, 0.1) is 0 Å². The van der Waals surface area contributed by atoms with Gasteiger partial charge in [0.05, 0.1) is 0 Å². The molecule has 0 saturated carbocycles. The fourth-order valence-electron chi connectivity index (χ4n) is 3.11. The normalized spacial score (nSPS) is 15.0. The van der Waals surface area contributed by atoms with E-state index in [2.05, 4.69) is 5.32 Å². The fourth-order valence-corrected chi connectivity index (χ4v) is 3.11. The Morgan fingerprint density at radius 3 is 2.26 bits per heavy atom. The average molecular weight is 366 g/mol. The van der Waals surface area contributed by atoms with Crippen molar-refractivity contribution in [3.05, 3.63) is 65.7 Å². The summed E-state index contributed by atoms with van der Waals surface area (Å²) in [6.07, 6.45) is 4.59. The monoisotopic (exact) mass is 366 g/mol. The van der Waals surface area contributed by atoms with E-state index in [9.17, 15) is 19.8 Å². The largest absolute Gasteiger partial charge is 0.508 e. The molecule has 0 aromatic heterocycles. The summed E-state index contributed by atoms with van der Waals surface area (Å²) in [5.74, 6) is -0.687. The number of rotatable bonds is 4. The Morgan fingerprint density at radius 2 is 1.63 bits per heavy atom. The molecule has 3 rings (SSSR count). The lowest BCUT2D eigenvalue weighted by Crippen LogP contribution is -2.46. The number of nitrogens with one attached hydrogen (secondary N) is 1. The molecular weight excluding hydrogens is 344 g/mol. The molecule has 0 atom stereocenters. The number of nitrogens with zero attached hydrogens (tertiary/aromatic N) is 1. The highest BCUT2D eigenvalue weighted by molar-refractivity contribution is 5.95. The summed E-state index contributed by atoms with van der Waals surface area (Å²) in [6.45, 7) is 1.01. The number of carbonyl (C=O) groups excluding carboxylic acids is 2. The number of benzene rings is 2. The molecule has 3 N–H and O–H groups in total. The number of hydrogen-bond acceptors (Lipinski definition) is 4. The third-order valence-electron chi connectivity index (χ3n) is 4.50. The minimum atomic E-state index is -0.241. The van der Waals surface area contributed by atoms with E-state index < -0.39 is 0 Å². The summed E-state index contributed by atoms with van der Waals surface area (Å²) in [6, 6.07) is 13.5. The van der Waals surface area contributed by atoms with E-state index >= 15 is 0 Å². The lowest BCUT2D eigenvalue weighted by Gasteiger charge is -2.32. The number of hydrogen-bond donors (Lipinski definition) is 3. The first-order valence-corrected chi connectivity index (χ1v) is 8.87. The minimum absolute atomic E-state index is 0.0135. The van der Waals surface area contributed by atoms with Crippen LogP contribution in [0.5, 0.6) is 11.5 Å². The molecule has 27 heavy (non-hydrogen) atoms. The Hall–Kier alpha value is -3.28. The van der Waals surface area contributed by atoms with Gasteiger partial charge in [-0.05, 0) is 36.6 Å². The second-order valence-electron chi connectivity index (χ2n) is 6.56. The number of piperidine rings is 1. The number of carbonyl (C=O) groups is 2. The number of likely N-dealkylation sites (tertiary alicyclic amines) is 1. The van der Waals surface area contributed by atoms with Crippen molar-refractivity contribution in [3.8, 4) is 11.5 Å². The van der Waals surface area contributed by atoms with Gasteiger partial charge in [-0.2, -0.15) is 0 Å². The van der Waals surface area contributed by atoms with Crippen LogP contribution in [0.3, 0.4) is 0 Å². The molecule has 0 radical (unpaired) electrons. The molecular formula is C21H22N2O4. The number of phenols is 2. The van der Waals surface area contributed by atoms with Gasteiger partial charge in [0, 0.05) is 36.8 Å². The number of amides is 2. The van der Waals surface area contributed by atoms with E-state index in [1.807, 2.05) is 30.3 Å². The molecule has 2 amide bonds. The molecule has 1 fully saturated rings. The van der Waals surface area contributed by atoms with Gasteiger partial charge in [0.15, 0.2) is 0 Å². The van der Waals surface area contributed by atoms with E-state index in [1.54, 1.807) is 11.0 Å². The van der Waals surface area contributed by atoms with Crippen LogP contribution >= 0.6 is 0 Å². The van der Waals surface area contributed by atoms with E-state index in [0.717, 1.165) is 5.56 Å². The lowest BCUT2D eigenvalue weighted by atomic mass is 10.0. The van der Waals surface area contributed by atoms with Gasteiger partial charge in [0.2, 0.25) is 5.91 Å². The first-order chi connectivity index (χ1) is 13.0. The molecule has 0 bridgehead atoms. The second-order valence-corrected chi connectivity index (χ2v) is 6.56. The van der Waals surface area contributed by atoms with Crippen LogP contribution in [0.4, 0.5) is 0 Å². The molecule has 6 nitrogen and oxygen atoms in total. The Labute approximate surface area is 157 Å². The van der Waals surface area contributed by atoms with Crippen LogP contribution in [0.1, 0.15) is 28.8 Å². The Kier molecular flexibility index (Phi) is 5.76. The van der Waals surface area contributed by atoms with Gasteiger partial charge in [-0.15, -0.1) is 0 Å². The topological polar surface area (TPSA) is 89.9 Å². The summed E-state index contributed by atoms with van der Waals surface area (Å²) in [4.78, 5) is 26.2. The third kappa shape index (κ3) is 5.10. The highest BCUT2D eigenvalue weighted by Gasteiger charge is 2.24. The molecule has 2 aromatic rings. The van der Waals surface area contributed by atoms with Gasteiger partial charge < -0.3 is 20.4 Å². The predicted molar refractivity (Wildman–Crippen MR) is 102 cm³/mol. The maximum atomic E-state index is 12.5. The summed E-state index contributed by atoms with van der Waals surface area (Å²) in [7, 11) is 0. The molecule has 0 spiro atoms. The van der Waals surface area contributed by atoms with Crippen LogP contribution in [-0.2, 0) is 4.79 Å². The molecule has 0 unspecified atom stereocenters. The Balaban J connectivity index is 1.50. The van der Waals surface area contributed by atoms with E-state index in [1.165, 1.54) is 24.3 Å². The van der Waals surface area contributed by atoms with Crippen molar-refractivity contribution in [1.82, 2.24) is 10.2 Å². The van der Waals surface area contributed by atoms with Gasteiger partial charge in [0.25, 0.3) is 5.91 Å². The molecule has 1 heterocycles. The molecule has 1 aliphatic rings. The fraction of sp³-hybridized carbons (Fsp3) is 0.238. The van der Waals surface area contributed by atoms with Crippen molar-refractivity contribution >= 4 is 17.9 Å². The summed E-state index contributed by atoms with van der Waals surface area (Å²) < 4.78 is 0. The van der Waals surface area contributed by atoms with E-state index in [4.69, 9.17) is 0 Å². The quantitative estimate of drug-likeness (QED) is 0.726. The van der Waals surface area contributed by atoms with Crippen LogP contribution in [-0.4, -0.2) is 46.1 Å². The lowest BCUT2D eigenvalue weighted by molar-refractivity contribution is -0.117. The molecule has 2 aromatic carbocycles. The van der Waals surface area contributed by atoms with Gasteiger partial charge >= 0.3 is 0 Å². The maximum Gasteiger partial charge on any atom is 0.254 e. The zero-order valence-electron chi connectivity index (χ0n) is 14.8. The second kappa shape index (κ2) is 8.40. The predicted octanol–water partition coefficient (Wildman–Crippen LogP) is 2.53. The van der Waals surface area contributed by atoms with Crippen molar-refractivity contribution in [1.29, 1.82) is 0 Å². The van der Waals surface area contributed by atoms with Crippen molar-refractivity contribution < 1.29 is 19.8 Å². The molecule has 1 aliphatic heterocycles. The summed E-state index contributed by atoms with van der Waals surface area (Å²) >= 11 is 0. The van der Waals surface area contributed by atoms with Crippen LogP contribution < -0.4 is 5.32 Å². The minimum Gasteiger partial charge on any atom is -0.508 e. The SMILES string of the molecule is O=C(/C=C/c1ccccc1)NC1CCN(C(=O)c2cc(O)cc(O)c2)CC1. The molecule has 140 valence electrons. The Morgan fingerprint density at radius 1 is 1.00 bits per heavy atom. The van der Waals surface area contributed by atoms with E-state index in [-0.39, 0.29) is 34.9 Å². The smallest absolute Gasteiger partial charge is 0.254 e. The maximum absolute atomic E-state index is 12.5. The highest BCUT2D eigenvalue weighted by Crippen LogP contribution is 2.22. The summed E-state index contributed by atoms with van der Waals surface area (Å²) in [5, 5.41) is 22.0. The van der Waals surface area contributed by atoms with Crippen molar-refractivity contribution in [3.63, 3.8) is 0 Å². The summed E-state index contributed by atoms with van der Waals surface area (Å²) in [5.41, 5.74) is 1.21.